The molecule has 0 aliphatic heterocycles. The molecule has 20 heavy (non-hydrogen) atoms. The fourth-order valence-electron chi connectivity index (χ4n) is 1.61. The third-order valence-corrected chi connectivity index (χ3v) is 2.63. The topological polar surface area (TPSA) is 61.2 Å². The van der Waals surface area contributed by atoms with E-state index < -0.39 is 16.6 Å². The fraction of sp³-hybridized carbons (Fsp3) is 0.154. The molecule has 1 aromatic heterocycles. The number of benzene rings is 1. The summed E-state index contributed by atoms with van der Waals surface area (Å²) in [6.45, 7) is 1.97. The van der Waals surface area contributed by atoms with Crippen LogP contribution < -0.4 is 10.3 Å². The van der Waals surface area contributed by atoms with Crippen LogP contribution in [-0.2, 0) is 0 Å². The van der Waals surface area contributed by atoms with E-state index in [0.29, 0.717) is 5.69 Å². The maximum Gasteiger partial charge on any atom is 0.276 e. The van der Waals surface area contributed by atoms with Gasteiger partial charge in [0, 0.05) is 0 Å². The zero-order chi connectivity index (χ0) is 14.7. The predicted molar refractivity (Wildman–Crippen MR) is 71.1 cm³/mol. The van der Waals surface area contributed by atoms with Gasteiger partial charge >= 0.3 is 0 Å². The molecule has 104 valence electrons. The standard InChI is InChI=1S/C13H10ClFN2O3/c1-2-20-10-7-11(18)17(16-12(10)13(14)19)9-5-3-8(15)4-6-9/h3-7H,2H2,1H3. The van der Waals surface area contributed by atoms with Gasteiger partial charge < -0.3 is 4.74 Å². The van der Waals surface area contributed by atoms with Crippen molar-refractivity contribution < 1.29 is 13.9 Å². The van der Waals surface area contributed by atoms with Crippen molar-refractivity contribution in [2.24, 2.45) is 0 Å². The summed E-state index contributed by atoms with van der Waals surface area (Å²) in [5.74, 6) is -0.419. The van der Waals surface area contributed by atoms with Gasteiger partial charge in [0.15, 0.2) is 11.4 Å². The molecule has 0 saturated heterocycles. The molecule has 0 bridgehead atoms. The summed E-state index contributed by atoms with van der Waals surface area (Å²) in [5.41, 5.74) is -0.363. The number of hydrogen-bond donors (Lipinski definition) is 0. The molecule has 1 heterocycles. The van der Waals surface area contributed by atoms with Gasteiger partial charge in [-0.1, -0.05) is 0 Å². The Hall–Kier alpha value is -2.21. The van der Waals surface area contributed by atoms with Crippen molar-refractivity contribution in [2.75, 3.05) is 6.61 Å². The number of hydrogen-bond acceptors (Lipinski definition) is 4. The molecule has 0 fully saturated rings. The number of ether oxygens (including phenoxy) is 1. The lowest BCUT2D eigenvalue weighted by molar-refractivity contribution is 0.107. The second-order valence-corrected chi connectivity index (χ2v) is 4.13. The van der Waals surface area contributed by atoms with Crippen molar-refractivity contribution in [3.05, 3.63) is 52.2 Å². The van der Waals surface area contributed by atoms with Crippen LogP contribution in [0.25, 0.3) is 5.69 Å². The third-order valence-electron chi connectivity index (χ3n) is 2.45. The first kappa shape index (κ1) is 14.2. The molecule has 0 amide bonds. The van der Waals surface area contributed by atoms with Crippen LogP contribution in [-0.4, -0.2) is 21.6 Å². The average molecular weight is 297 g/mol. The summed E-state index contributed by atoms with van der Waals surface area (Å²) in [4.78, 5) is 23.3. The van der Waals surface area contributed by atoms with E-state index in [-0.39, 0.29) is 18.1 Å². The molecule has 2 aromatic rings. The van der Waals surface area contributed by atoms with Gasteiger partial charge in [0.05, 0.1) is 18.4 Å². The van der Waals surface area contributed by atoms with Crippen LogP contribution in [0.5, 0.6) is 5.75 Å². The van der Waals surface area contributed by atoms with E-state index in [2.05, 4.69) is 5.10 Å². The van der Waals surface area contributed by atoms with Crippen molar-refractivity contribution in [3.8, 4) is 11.4 Å². The Morgan fingerprint density at radius 2 is 2.05 bits per heavy atom. The minimum Gasteiger partial charge on any atom is -0.491 e. The smallest absolute Gasteiger partial charge is 0.276 e. The lowest BCUT2D eigenvalue weighted by Gasteiger charge is -2.09. The SMILES string of the molecule is CCOc1cc(=O)n(-c2ccc(F)cc2)nc1C(=O)Cl. The highest BCUT2D eigenvalue weighted by Crippen LogP contribution is 2.17. The van der Waals surface area contributed by atoms with Crippen LogP contribution >= 0.6 is 11.6 Å². The minimum absolute atomic E-state index is 0.0239. The van der Waals surface area contributed by atoms with E-state index in [1.807, 2.05) is 0 Å². The molecule has 0 atom stereocenters. The molecule has 0 spiro atoms. The van der Waals surface area contributed by atoms with Crippen molar-refractivity contribution in [1.29, 1.82) is 0 Å². The lowest BCUT2D eigenvalue weighted by atomic mass is 10.3. The molecule has 0 N–H and O–H groups in total. The van der Waals surface area contributed by atoms with E-state index in [9.17, 15) is 14.0 Å². The molecule has 1 aromatic carbocycles. The monoisotopic (exact) mass is 296 g/mol. The van der Waals surface area contributed by atoms with Gasteiger partial charge in [-0.15, -0.1) is 0 Å². The van der Waals surface area contributed by atoms with Gasteiger partial charge in [0.25, 0.3) is 10.8 Å². The van der Waals surface area contributed by atoms with Crippen LogP contribution in [0.15, 0.2) is 35.1 Å². The van der Waals surface area contributed by atoms with Gasteiger partial charge in [0.1, 0.15) is 5.82 Å². The number of aromatic nitrogens is 2. The van der Waals surface area contributed by atoms with Crippen molar-refractivity contribution in [1.82, 2.24) is 9.78 Å². The van der Waals surface area contributed by atoms with Crippen LogP contribution in [0.3, 0.4) is 0 Å². The van der Waals surface area contributed by atoms with Gasteiger partial charge in [-0.2, -0.15) is 9.78 Å². The Morgan fingerprint density at radius 3 is 2.60 bits per heavy atom. The number of carbonyl (C=O) groups excluding carboxylic acids is 1. The largest absolute Gasteiger partial charge is 0.491 e. The molecule has 7 heteroatoms. The van der Waals surface area contributed by atoms with E-state index in [0.717, 1.165) is 10.7 Å². The first-order valence-corrected chi connectivity index (χ1v) is 6.13. The van der Waals surface area contributed by atoms with Crippen molar-refractivity contribution in [3.63, 3.8) is 0 Å². The molecular weight excluding hydrogens is 287 g/mol. The predicted octanol–water partition coefficient (Wildman–Crippen LogP) is 2.15. The van der Waals surface area contributed by atoms with Gasteiger partial charge in [-0.05, 0) is 42.8 Å². The summed E-state index contributed by atoms with van der Waals surface area (Å²) in [5, 5.41) is 3.02. The Kier molecular flexibility index (Phi) is 4.14. The van der Waals surface area contributed by atoms with E-state index in [4.69, 9.17) is 16.3 Å². The highest BCUT2D eigenvalue weighted by Gasteiger charge is 2.16. The van der Waals surface area contributed by atoms with Crippen LogP contribution in [0.1, 0.15) is 17.4 Å². The van der Waals surface area contributed by atoms with Crippen LogP contribution in [0, 0.1) is 5.82 Å². The first-order chi connectivity index (χ1) is 9.52. The Balaban J connectivity index is 2.60. The maximum absolute atomic E-state index is 12.9. The number of halogens is 2. The summed E-state index contributed by atoms with van der Waals surface area (Å²) >= 11 is 5.42. The van der Waals surface area contributed by atoms with E-state index in [1.165, 1.54) is 24.3 Å². The average Bonchev–Trinajstić information content (AvgIpc) is 2.40. The van der Waals surface area contributed by atoms with Gasteiger partial charge in [-0.25, -0.2) is 4.39 Å². The summed E-state index contributed by atoms with van der Waals surface area (Å²) in [6, 6.07) is 6.22. The minimum atomic E-state index is -0.843. The molecule has 0 unspecified atom stereocenters. The van der Waals surface area contributed by atoms with Gasteiger partial charge in [-0.3, -0.25) is 9.59 Å². The van der Waals surface area contributed by atoms with Crippen LogP contribution in [0.2, 0.25) is 0 Å². The van der Waals surface area contributed by atoms with Gasteiger partial charge in [0.2, 0.25) is 0 Å². The molecule has 5 nitrogen and oxygen atoms in total. The summed E-state index contributed by atoms with van der Waals surface area (Å²) in [7, 11) is 0. The summed E-state index contributed by atoms with van der Waals surface area (Å²) in [6.07, 6.45) is 0. The lowest BCUT2D eigenvalue weighted by Crippen LogP contribution is -2.23. The first-order valence-electron chi connectivity index (χ1n) is 5.76. The highest BCUT2D eigenvalue weighted by atomic mass is 35.5. The van der Waals surface area contributed by atoms with Crippen molar-refractivity contribution in [2.45, 2.75) is 6.92 Å². The van der Waals surface area contributed by atoms with E-state index >= 15 is 0 Å². The quantitative estimate of drug-likeness (QED) is 0.811. The van der Waals surface area contributed by atoms with Crippen molar-refractivity contribution >= 4 is 16.8 Å². The molecular formula is C13H10ClFN2O3. The number of carbonyl (C=O) groups is 1. The molecule has 0 saturated carbocycles. The second-order valence-electron chi connectivity index (χ2n) is 3.79. The summed E-state index contributed by atoms with van der Waals surface area (Å²) < 4.78 is 19.0. The molecule has 2 rings (SSSR count). The maximum atomic E-state index is 12.9. The van der Waals surface area contributed by atoms with E-state index in [1.54, 1.807) is 6.92 Å². The zero-order valence-electron chi connectivity index (χ0n) is 10.5. The van der Waals surface area contributed by atoms with Crippen LogP contribution in [0.4, 0.5) is 4.39 Å². The number of nitrogens with zero attached hydrogens (tertiary/aromatic N) is 2. The Bertz CT molecular complexity index is 698. The fourth-order valence-corrected chi connectivity index (χ4v) is 1.74. The Morgan fingerprint density at radius 1 is 1.40 bits per heavy atom. The third kappa shape index (κ3) is 2.85. The molecule has 0 aliphatic rings. The zero-order valence-corrected chi connectivity index (χ0v) is 11.2. The second kappa shape index (κ2) is 5.83. The Labute approximate surface area is 118 Å². The molecule has 0 aliphatic carbocycles. The highest BCUT2D eigenvalue weighted by molar-refractivity contribution is 6.67. The normalized spacial score (nSPS) is 10.3. The number of rotatable bonds is 4. The molecule has 0 radical (unpaired) electrons.